The first kappa shape index (κ1) is 16.7. The Labute approximate surface area is 126 Å². The van der Waals surface area contributed by atoms with Crippen LogP contribution in [0.25, 0.3) is 0 Å². The van der Waals surface area contributed by atoms with Gasteiger partial charge in [-0.3, -0.25) is 9.59 Å². The van der Waals surface area contributed by atoms with E-state index in [1.807, 2.05) is 19.9 Å². The fourth-order valence-corrected chi connectivity index (χ4v) is 1.92. The molecule has 0 atom stereocenters. The fourth-order valence-electron chi connectivity index (χ4n) is 1.53. The monoisotopic (exact) mass is 342 g/mol. The second kappa shape index (κ2) is 7.40. The van der Waals surface area contributed by atoms with Crippen molar-refractivity contribution in [1.29, 1.82) is 0 Å². The Hall–Kier alpha value is -1.40. The van der Waals surface area contributed by atoms with Crippen LogP contribution in [-0.2, 0) is 9.59 Å². The minimum absolute atomic E-state index is 0.0476. The van der Waals surface area contributed by atoms with Gasteiger partial charge in [0, 0.05) is 17.6 Å². The molecule has 0 spiro atoms. The summed E-state index contributed by atoms with van der Waals surface area (Å²) < 4.78 is 0.710. The summed E-state index contributed by atoms with van der Waals surface area (Å²) in [6, 6.07) is 7.06. The SMILES string of the molecule is CC(C)(CCO)CNC(=O)C(=O)Nc1ccccc1Br. The minimum atomic E-state index is -0.711. The highest BCUT2D eigenvalue weighted by Gasteiger charge is 2.21. The Bertz CT molecular complexity index is 489. The van der Waals surface area contributed by atoms with Gasteiger partial charge in [0.2, 0.25) is 0 Å². The van der Waals surface area contributed by atoms with Crippen molar-refractivity contribution in [3.63, 3.8) is 0 Å². The summed E-state index contributed by atoms with van der Waals surface area (Å²) in [5.74, 6) is -1.40. The van der Waals surface area contributed by atoms with E-state index < -0.39 is 11.8 Å². The van der Waals surface area contributed by atoms with Crippen LogP contribution >= 0.6 is 15.9 Å². The highest BCUT2D eigenvalue weighted by Crippen LogP contribution is 2.21. The van der Waals surface area contributed by atoms with Crippen LogP contribution < -0.4 is 10.6 Å². The van der Waals surface area contributed by atoms with E-state index in [-0.39, 0.29) is 12.0 Å². The summed E-state index contributed by atoms with van der Waals surface area (Å²) in [7, 11) is 0. The quantitative estimate of drug-likeness (QED) is 0.715. The lowest BCUT2D eigenvalue weighted by Crippen LogP contribution is -2.40. The van der Waals surface area contributed by atoms with Crippen molar-refractivity contribution in [2.45, 2.75) is 20.3 Å². The molecular weight excluding hydrogens is 324 g/mol. The zero-order valence-electron chi connectivity index (χ0n) is 11.6. The van der Waals surface area contributed by atoms with Gasteiger partial charge in [-0.1, -0.05) is 26.0 Å². The van der Waals surface area contributed by atoms with Crippen LogP contribution in [0, 0.1) is 5.41 Å². The third kappa shape index (κ3) is 5.30. The molecule has 0 unspecified atom stereocenters. The van der Waals surface area contributed by atoms with E-state index in [9.17, 15) is 9.59 Å². The molecule has 0 aliphatic heterocycles. The van der Waals surface area contributed by atoms with Crippen molar-refractivity contribution in [2.75, 3.05) is 18.5 Å². The number of halogens is 1. The normalized spacial score (nSPS) is 11.0. The lowest BCUT2D eigenvalue weighted by Gasteiger charge is -2.23. The van der Waals surface area contributed by atoms with E-state index >= 15 is 0 Å². The van der Waals surface area contributed by atoms with Crippen LogP contribution in [-0.4, -0.2) is 30.1 Å². The van der Waals surface area contributed by atoms with Gasteiger partial charge in [-0.25, -0.2) is 0 Å². The maximum absolute atomic E-state index is 11.7. The number of hydrogen-bond donors (Lipinski definition) is 3. The predicted molar refractivity (Wildman–Crippen MR) is 81.3 cm³/mol. The van der Waals surface area contributed by atoms with E-state index in [1.165, 1.54) is 0 Å². The zero-order chi connectivity index (χ0) is 15.2. The Balaban J connectivity index is 2.52. The Kier molecular flexibility index (Phi) is 6.16. The molecule has 0 aliphatic carbocycles. The second-order valence-corrected chi connectivity index (χ2v) is 6.11. The van der Waals surface area contributed by atoms with Gasteiger partial charge in [0.15, 0.2) is 0 Å². The summed E-state index contributed by atoms with van der Waals surface area (Å²) in [6.07, 6.45) is 0.555. The topological polar surface area (TPSA) is 78.4 Å². The number of benzene rings is 1. The van der Waals surface area contributed by atoms with Gasteiger partial charge >= 0.3 is 11.8 Å². The van der Waals surface area contributed by atoms with E-state index in [2.05, 4.69) is 26.6 Å². The molecule has 0 heterocycles. The lowest BCUT2D eigenvalue weighted by molar-refractivity contribution is -0.136. The molecule has 0 radical (unpaired) electrons. The molecule has 0 aliphatic rings. The average Bonchev–Trinajstić information content (AvgIpc) is 2.38. The third-order valence-corrected chi connectivity index (χ3v) is 3.54. The first-order valence-corrected chi connectivity index (χ1v) is 7.09. The number of amides is 2. The summed E-state index contributed by atoms with van der Waals surface area (Å²) in [4.78, 5) is 23.5. The van der Waals surface area contributed by atoms with Crippen LogP contribution in [0.4, 0.5) is 5.69 Å². The molecule has 0 fully saturated rings. The van der Waals surface area contributed by atoms with Gasteiger partial charge < -0.3 is 15.7 Å². The largest absolute Gasteiger partial charge is 0.396 e. The zero-order valence-corrected chi connectivity index (χ0v) is 13.2. The number of anilines is 1. The van der Waals surface area contributed by atoms with Crippen LogP contribution in [0.5, 0.6) is 0 Å². The molecule has 0 saturated carbocycles. The average molecular weight is 343 g/mol. The summed E-state index contributed by atoms with van der Waals surface area (Å²) in [5.41, 5.74) is 0.292. The predicted octanol–water partition coefficient (Wildman–Crippen LogP) is 1.91. The fraction of sp³-hybridized carbons (Fsp3) is 0.429. The molecule has 110 valence electrons. The van der Waals surface area contributed by atoms with Crippen molar-refractivity contribution < 1.29 is 14.7 Å². The standard InChI is InChI=1S/C14H19BrN2O3/c1-14(2,7-8-18)9-16-12(19)13(20)17-11-6-4-3-5-10(11)15/h3-6,18H,7-9H2,1-2H3,(H,16,19)(H,17,20). The van der Waals surface area contributed by atoms with Crippen LogP contribution in [0.2, 0.25) is 0 Å². The maximum Gasteiger partial charge on any atom is 0.313 e. The number of aliphatic hydroxyl groups excluding tert-OH is 1. The molecule has 0 saturated heterocycles. The van der Waals surface area contributed by atoms with E-state index in [4.69, 9.17) is 5.11 Å². The Morgan fingerprint density at radius 1 is 1.25 bits per heavy atom. The molecular formula is C14H19BrN2O3. The lowest BCUT2D eigenvalue weighted by atomic mass is 9.90. The Morgan fingerprint density at radius 3 is 2.50 bits per heavy atom. The van der Waals surface area contributed by atoms with Crippen LogP contribution in [0.3, 0.4) is 0 Å². The second-order valence-electron chi connectivity index (χ2n) is 5.25. The third-order valence-electron chi connectivity index (χ3n) is 2.84. The van der Waals surface area contributed by atoms with Gasteiger partial charge in [0.05, 0.1) is 5.69 Å². The number of carbonyl (C=O) groups is 2. The molecule has 0 aromatic heterocycles. The van der Waals surface area contributed by atoms with Crippen molar-refractivity contribution in [2.24, 2.45) is 5.41 Å². The first-order chi connectivity index (χ1) is 9.35. The van der Waals surface area contributed by atoms with E-state index in [0.717, 1.165) is 0 Å². The van der Waals surface area contributed by atoms with Gasteiger partial charge in [0.25, 0.3) is 0 Å². The van der Waals surface area contributed by atoms with E-state index in [1.54, 1.807) is 18.2 Å². The number of nitrogens with one attached hydrogen (secondary N) is 2. The number of hydrogen-bond acceptors (Lipinski definition) is 3. The number of para-hydroxylation sites is 1. The molecule has 1 rings (SSSR count). The molecule has 5 nitrogen and oxygen atoms in total. The molecule has 20 heavy (non-hydrogen) atoms. The van der Waals surface area contributed by atoms with Crippen molar-refractivity contribution >= 4 is 33.4 Å². The molecule has 6 heteroatoms. The smallest absolute Gasteiger partial charge is 0.313 e. The maximum atomic E-state index is 11.7. The van der Waals surface area contributed by atoms with Gasteiger partial charge in [-0.05, 0) is 39.9 Å². The van der Waals surface area contributed by atoms with Crippen molar-refractivity contribution in [3.8, 4) is 0 Å². The van der Waals surface area contributed by atoms with E-state index in [0.29, 0.717) is 23.1 Å². The highest BCUT2D eigenvalue weighted by atomic mass is 79.9. The van der Waals surface area contributed by atoms with Crippen molar-refractivity contribution in [3.05, 3.63) is 28.7 Å². The molecule has 1 aromatic carbocycles. The van der Waals surface area contributed by atoms with Crippen LogP contribution in [0.15, 0.2) is 28.7 Å². The summed E-state index contributed by atoms with van der Waals surface area (Å²) in [6.45, 7) is 4.20. The number of rotatable bonds is 5. The molecule has 3 N–H and O–H groups in total. The highest BCUT2D eigenvalue weighted by molar-refractivity contribution is 9.10. The molecule has 2 amide bonds. The van der Waals surface area contributed by atoms with Crippen molar-refractivity contribution in [1.82, 2.24) is 5.32 Å². The Morgan fingerprint density at radius 2 is 1.90 bits per heavy atom. The number of aliphatic hydroxyl groups is 1. The minimum Gasteiger partial charge on any atom is -0.396 e. The molecule has 0 bridgehead atoms. The first-order valence-electron chi connectivity index (χ1n) is 6.30. The van der Waals surface area contributed by atoms with Gasteiger partial charge in [0.1, 0.15) is 0 Å². The van der Waals surface area contributed by atoms with Crippen LogP contribution in [0.1, 0.15) is 20.3 Å². The van der Waals surface area contributed by atoms with Gasteiger partial charge in [-0.15, -0.1) is 0 Å². The molecule has 1 aromatic rings. The van der Waals surface area contributed by atoms with Gasteiger partial charge in [-0.2, -0.15) is 0 Å². The summed E-state index contributed by atoms with van der Waals surface area (Å²) >= 11 is 3.29. The number of carbonyl (C=O) groups excluding carboxylic acids is 2. The summed E-state index contributed by atoms with van der Waals surface area (Å²) in [5, 5.41) is 14.0.